The number of nitrogens with zero attached hydrogens (tertiary/aromatic N) is 3. The van der Waals surface area contributed by atoms with Crippen LogP contribution in [0.2, 0.25) is 0 Å². The lowest BCUT2D eigenvalue weighted by Gasteiger charge is -2.33. The number of imidazole rings is 1. The summed E-state index contributed by atoms with van der Waals surface area (Å²) in [5, 5.41) is 0.492. The Bertz CT molecular complexity index is 1300. The standard InChI is InChI=1S/C24H23N3O3/c1-2-23-25-19-5-3-4-6-20(19)27(23)17-9-12-26(13-10-17)24(29)16-7-8-18-21(28)11-14-30-22(18)15-16/h3-8,11,14-15,17H,2,9-10,12-13H2,1H3. The molecule has 30 heavy (non-hydrogen) atoms. The van der Waals surface area contributed by atoms with Crippen LogP contribution in [0.5, 0.6) is 0 Å². The van der Waals surface area contributed by atoms with Gasteiger partial charge in [0, 0.05) is 37.2 Å². The SMILES string of the molecule is CCc1nc2ccccc2n1C1CCN(C(=O)c2ccc3c(=O)ccoc3c2)CC1. The quantitative estimate of drug-likeness (QED) is 0.516. The Morgan fingerprint density at radius 3 is 2.73 bits per heavy atom. The molecule has 5 rings (SSSR count). The predicted octanol–water partition coefficient (Wildman–Crippen LogP) is 4.18. The smallest absolute Gasteiger partial charge is 0.253 e. The summed E-state index contributed by atoms with van der Waals surface area (Å²) in [5.74, 6) is 1.08. The molecule has 0 saturated carbocycles. The molecule has 0 spiro atoms. The van der Waals surface area contributed by atoms with E-state index >= 15 is 0 Å². The summed E-state index contributed by atoms with van der Waals surface area (Å²) in [7, 11) is 0. The van der Waals surface area contributed by atoms with Gasteiger partial charge in [-0.25, -0.2) is 4.98 Å². The first-order chi connectivity index (χ1) is 14.7. The second-order valence-electron chi connectivity index (χ2n) is 7.76. The van der Waals surface area contributed by atoms with Crippen molar-refractivity contribution in [2.75, 3.05) is 13.1 Å². The molecular formula is C24H23N3O3. The van der Waals surface area contributed by atoms with Crippen LogP contribution in [0.1, 0.15) is 42.0 Å². The monoisotopic (exact) mass is 401 g/mol. The number of aryl methyl sites for hydroxylation is 1. The molecule has 0 aliphatic carbocycles. The summed E-state index contributed by atoms with van der Waals surface area (Å²) < 4.78 is 7.78. The normalized spacial score (nSPS) is 15.2. The molecule has 1 aliphatic heterocycles. The molecule has 6 nitrogen and oxygen atoms in total. The molecule has 152 valence electrons. The van der Waals surface area contributed by atoms with E-state index in [2.05, 4.69) is 29.7 Å². The number of likely N-dealkylation sites (tertiary alicyclic amines) is 1. The fourth-order valence-electron chi connectivity index (χ4n) is 4.48. The molecule has 2 aromatic heterocycles. The van der Waals surface area contributed by atoms with E-state index in [1.165, 1.54) is 17.8 Å². The summed E-state index contributed by atoms with van der Waals surface area (Å²) in [6, 6.07) is 15.0. The Morgan fingerprint density at radius 2 is 1.93 bits per heavy atom. The van der Waals surface area contributed by atoms with Crippen LogP contribution in [0.4, 0.5) is 0 Å². The second kappa shape index (κ2) is 7.44. The summed E-state index contributed by atoms with van der Waals surface area (Å²) >= 11 is 0. The molecular weight excluding hydrogens is 378 g/mol. The summed E-state index contributed by atoms with van der Waals surface area (Å²) in [6.45, 7) is 3.51. The van der Waals surface area contributed by atoms with Gasteiger partial charge >= 0.3 is 0 Å². The van der Waals surface area contributed by atoms with Crippen molar-refractivity contribution in [1.29, 1.82) is 0 Å². The van der Waals surface area contributed by atoms with Crippen LogP contribution in [-0.4, -0.2) is 33.4 Å². The van der Waals surface area contributed by atoms with Crippen LogP contribution in [0.25, 0.3) is 22.0 Å². The van der Waals surface area contributed by atoms with E-state index in [4.69, 9.17) is 9.40 Å². The van der Waals surface area contributed by atoms with Gasteiger partial charge in [0.2, 0.25) is 0 Å². The van der Waals surface area contributed by atoms with Crippen molar-refractivity contribution in [2.24, 2.45) is 0 Å². The first-order valence-electron chi connectivity index (χ1n) is 10.4. The fourth-order valence-corrected chi connectivity index (χ4v) is 4.48. The number of amides is 1. The van der Waals surface area contributed by atoms with E-state index in [9.17, 15) is 9.59 Å². The first-order valence-corrected chi connectivity index (χ1v) is 10.4. The lowest BCUT2D eigenvalue weighted by Crippen LogP contribution is -2.39. The van der Waals surface area contributed by atoms with Gasteiger partial charge < -0.3 is 13.9 Å². The van der Waals surface area contributed by atoms with Crippen LogP contribution in [-0.2, 0) is 6.42 Å². The zero-order valence-electron chi connectivity index (χ0n) is 16.9. The zero-order chi connectivity index (χ0) is 20.7. The number of rotatable bonds is 3. The van der Waals surface area contributed by atoms with Crippen LogP contribution in [0.3, 0.4) is 0 Å². The molecule has 4 aromatic rings. The zero-order valence-corrected chi connectivity index (χ0v) is 16.9. The lowest BCUT2D eigenvalue weighted by atomic mass is 10.0. The van der Waals surface area contributed by atoms with Gasteiger partial charge in [-0.2, -0.15) is 0 Å². The molecule has 0 bridgehead atoms. The van der Waals surface area contributed by atoms with E-state index in [0.717, 1.165) is 30.6 Å². The van der Waals surface area contributed by atoms with E-state index in [1.54, 1.807) is 18.2 Å². The average Bonchev–Trinajstić information content (AvgIpc) is 3.17. The molecule has 6 heteroatoms. The highest BCUT2D eigenvalue weighted by Crippen LogP contribution is 2.30. The van der Waals surface area contributed by atoms with Crippen LogP contribution in [0, 0.1) is 0 Å². The maximum atomic E-state index is 13.0. The molecule has 0 atom stereocenters. The van der Waals surface area contributed by atoms with Gasteiger partial charge in [0.05, 0.1) is 22.7 Å². The minimum Gasteiger partial charge on any atom is -0.464 e. The molecule has 0 radical (unpaired) electrons. The molecule has 0 N–H and O–H groups in total. The first kappa shape index (κ1) is 18.6. The van der Waals surface area contributed by atoms with E-state index in [-0.39, 0.29) is 11.3 Å². The number of benzene rings is 2. The Balaban J connectivity index is 1.36. The van der Waals surface area contributed by atoms with E-state index < -0.39 is 0 Å². The average molecular weight is 401 g/mol. The van der Waals surface area contributed by atoms with Gasteiger partial charge in [-0.1, -0.05) is 19.1 Å². The fraction of sp³-hybridized carbons (Fsp3) is 0.292. The van der Waals surface area contributed by atoms with Gasteiger partial charge in [0.25, 0.3) is 5.91 Å². The number of hydrogen-bond acceptors (Lipinski definition) is 4. The second-order valence-corrected chi connectivity index (χ2v) is 7.76. The third-order valence-corrected chi connectivity index (χ3v) is 6.01. The van der Waals surface area contributed by atoms with Crippen molar-refractivity contribution >= 4 is 27.9 Å². The van der Waals surface area contributed by atoms with E-state index in [0.29, 0.717) is 35.7 Å². The van der Waals surface area contributed by atoms with Crippen molar-refractivity contribution in [3.05, 3.63) is 76.4 Å². The van der Waals surface area contributed by atoms with Crippen molar-refractivity contribution < 1.29 is 9.21 Å². The lowest BCUT2D eigenvalue weighted by molar-refractivity contribution is 0.0695. The van der Waals surface area contributed by atoms with Crippen molar-refractivity contribution in [3.63, 3.8) is 0 Å². The summed E-state index contributed by atoms with van der Waals surface area (Å²) in [6.07, 6.45) is 4.03. The molecule has 0 unspecified atom stereocenters. The highest BCUT2D eigenvalue weighted by Gasteiger charge is 2.27. The number of aromatic nitrogens is 2. The minimum absolute atomic E-state index is 0.0203. The van der Waals surface area contributed by atoms with Crippen LogP contribution < -0.4 is 5.43 Å². The third kappa shape index (κ3) is 3.09. The van der Waals surface area contributed by atoms with Gasteiger partial charge in [-0.05, 0) is 43.2 Å². The van der Waals surface area contributed by atoms with Gasteiger partial charge in [-0.15, -0.1) is 0 Å². The maximum absolute atomic E-state index is 13.0. The summed E-state index contributed by atoms with van der Waals surface area (Å²) in [4.78, 5) is 31.6. The Hall–Kier alpha value is -3.41. The number of fused-ring (bicyclic) bond motifs is 2. The number of hydrogen-bond donors (Lipinski definition) is 0. The van der Waals surface area contributed by atoms with Crippen molar-refractivity contribution in [2.45, 2.75) is 32.2 Å². The largest absolute Gasteiger partial charge is 0.464 e. The molecule has 3 heterocycles. The number of carbonyl (C=O) groups is 1. The number of para-hydroxylation sites is 2. The topological polar surface area (TPSA) is 68.3 Å². The summed E-state index contributed by atoms with van der Waals surface area (Å²) in [5.41, 5.74) is 3.10. The van der Waals surface area contributed by atoms with E-state index in [1.807, 2.05) is 11.0 Å². The van der Waals surface area contributed by atoms with Gasteiger partial charge in [0.1, 0.15) is 11.4 Å². The molecule has 1 aliphatic rings. The van der Waals surface area contributed by atoms with Crippen molar-refractivity contribution in [3.8, 4) is 0 Å². The predicted molar refractivity (Wildman–Crippen MR) is 116 cm³/mol. The molecule has 1 fully saturated rings. The molecule has 1 saturated heterocycles. The van der Waals surface area contributed by atoms with Gasteiger partial charge in [0.15, 0.2) is 5.43 Å². The Morgan fingerprint density at radius 1 is 1.13 bits per heavy atom. The van der Waals surface area contributed by atoms with Crippen molar-refractivity contribution in [1.82, 2.24) is 14.5 Å². The highest BCUT2D eigenvalue weighted by molar-refractivity contribution is 5.97. The highest BCUT2D eigenvalue weighted by atomic mass is 16.3. The molecule has 2 aromatic carbocycles. The Kier molecular flexibility index (Phi) is 4.62. The number of carbonyl (C=O) groups excluding carboxylic acids is 1. The number of piperidine rings is 1. The van der Waals surface area contributed by atoms with Crippen LogP contribution in [0.15, 0.2) is 64.0 Å². The van der Waals surface area contributed by atoms with Gasteiger partial charge in [-0.3, -0.25) is 9.59 Å². The minimum atomic E-state index is -0.102. The Labute approximate surface area is 173 Å². The molecule has 1 amide bonds. The third-order valence-electron chi connectivity index (χ3n) is 6.01. The maximum Gasteiger partial charge on any atom is 0.253 e. The van der Waals surface area contributed by atoms with Crippen LogP contribution >= 0.6 is 0 Å².